The molecule has 3 aromatic rings. The predicted molar refractivity (Wildman–Crippen MR) is 168 cm³/mol. The van der Waals surface area contributed by atoms with Crippen molar-refractivity contribution in [1.29, 1.82) is 0 Å². The van der Waals surface area contributed by atoms with Gasteiger partial charge in [-0.1, -0.05) is 62.1 Å². The molecule has 0 spiro atoms. The van der Waals surface area contributed by atoms with Crippen LogP contribution in [0.3, 0.4) is 0 Å². The Morgan fingerprint density at radius 1 is 0.951 bits per heavy atom. The molecule has 1 aliphatic heterocycles. The van der Waals surface area contributed by atoms with Crippen LogP contribution in [0.4, 0.5) is 0 Å². The summed E-state index contributed by atoms with van der Waals surface area (Å²) >= 11 is 0. The summed E-state index contributed by atoms with van der Waals surface area (Å²) in [5.41, 5.74) is 4.78. The van der Waals surface area contributed by atoms with Crippen molar-refractivity contribution in [1.82, 2.24) is 15.2 Å². The lowest BCUT2D eigenvalue weighted by atomic mass is 9.81. The van der Waals surface area contributed by atoms with E-state index in [2.05, 4.69) is 71.5 Å². The molecule has 1 aromatic heterocycles. The van der Waals surface area contributed by atoms with Gasteiger partial charge in [0.1, 0.15) is 17.4 Å². The molecule has 5 heteroatoms. The molecule has 0 radical (unpaired) electrons. The lowest BCUT2D eigenvalue weighted by Gasteiger charge is -2.36. The minimum absolute atomic E-state index is 0.168. The van der Waals surface area contributed by atoms with Crippen LogP contribution in [0.1, 0.15) is 87.8 Å². The van der Waals surface area contributed by atoms with E-state index < -0.39 is 0 Å². The number of pyridine rings is 1. The maximum Gasteiger partial charge on any atom is 0.223 e. The van der Waals surface area contributed by atoms with Gasteiger partial charge in [0.2, 0.25) is 5.91 Å². The van der Waals surface area contributed by atoms with Crippen LogP contribution in [-0.4, -0.2) is 41.5 Å². The molecule has 0 bridgehead atoms. The SMILES string of the molecule is CCCCCCc1cc(OC2CCN(C[C@H]3CC[C@H](C(=O)NCc4ccc(C)cc4)CC3)CC2)c2ncccc2c1. The van der Waals surface area contributed by atoms with Gasteiger partial charge >= 0.3 is 0 Å². The zero-order chi connectivity index (χ0) is 28.4. The van der Waals surface area contributed by atoms with Crippen molar-refractivity contribution in [3.8, 4) is 5.75 Å². The third-order valence-electron chi connectivity index (χ3n) is 9.20. The number of likely N-dealkylation sites (tertiary alicyclic amines) is 1. The van der Waals surface area contributed by atoms with Gasteiger partial charge in [-0.25, -0.2) is 0 Å². The summed E-state index contributed by atoms with van der Waals surface area (Å²) in [6.45, 7) is 8.31. The van der Waals surface area contributed by atoms with Crippen LogP contribution in [0.5, 0.6) is 5.75 Å². The molecule has 2 aromatic carbocycles. The van der Waals surface area contributed by atoms with Crippen LogP contribution in [0.2, 0.25) is 0 Å². The van der Waals surface area contributed by atoms with Crippen LogP contribution < -0.4 is 10.1 Å². The summed E-state index contributed by atoms with van der Waals surface area (Å²) in [5, 5.41) is 4.36. The second kappa shape index (κ2) is 14.8. The molecule has 1 saturated heterocycles. The molecule has 2 aliphatic rings. The predicted octanol–water partition coefficient (Wildman–Crippen LogP) is 7.63. The standard InChI is InChI=1S/C36H49N3O2/c1-3-4-5-6-8-30-23-32-9-7-20-37-35(32)34(24-30)41-33-18-21-39(22-19-33)26-29-14-16-31(17-15-29)36(40)38-25-28-12-10-27(2)11-13-28/h7,9-13,20,23-24,29,31,33H,3-6,8,14-19,21-22,25-26H2,1-2H3,(H,38,40)/t29-,31-. The number of hydrogen-bond acceptors (Lipinski definition) is 4. The van der Waals surface area contributed by atoms with Crippen molar-refractivity contribution < 1.29 is 9.53 Å². The molecule has 1 N–H and O–H groups in total. The Morgan fingerprint density at radius 3 is 2.49 bits per heavy atom. The van der Waals surface area contributed by atoms with E-state index in [0.717, 1.165) is 75.8 Å². The molecule has 5 rings (SSSR count). The number of fused-ring (bicyclic) bond motifs is 1. The number of rotatable bonds is 12. The first-order valence-electron chi connectivity index (χ1n) is 16.2. The number of carbonyl (C=O) groups excluding carboxylic acids is 1. The first kappa shape index (κ1) is 29.6. The number of benzene rings is 2. The van der Waals surface area contributed by atoms with Gasteiger partial charge in [-0.2, -0.15) is 0 Å². The highest BCUT2D eigenvalue weighted by Crippen LogP contribution is 2.32. The van der Waals surface area contributed by atoms with Crippen molar-refractivity contribution in [3.05, 3.63) is 71.4 Å². The zero-order valence-electron chi connectivity index (χ0n) is 25.2. The van der Waals surface area contributed by atoms with Gasteiger partial charge in [-0.3, -0.25) is 9.78 Å². The van der Waals surface area contributed by atoms with Crippen molar-refractivity contribution in [2.24, 2.45) is 11.8 Å². The Labute approximate surface area is 247 Å². The number of carbonyl (C=O) groups is 1. The number of aromatic nitrogens is 1. The summed E-state index contributed by atoms with van der Waals surface area (Å²) in [7, 11) is 0. The van der Waals surface area contributed by atoms with Gasteiger partial charge in [-0.15, -0.1) is 0 Å². The largest absolute Gasteiger partial charge is 0.488 e. The van der Waals surface area contributed by atoms with Crippen molar-refractivity contribution in [3.63, 3.8) is 0 Å². The quantitative estimate of drug-likeness (QED) is 0.233. The fourth-order valence-electron chi connectivity index (χ4n) is 6.61. The average Bonchev–Trinajstić information content (AvgIpc) is 3.00. The third kappa shape index (κ3) is 8.54. The normalized spacial score (nSPS) is 20.2. The van der Waals surface area contributed by atoms with Gasteiger partial charge < -0.3 is 15.0 Å². The van der Waals surface area contributed by atoms with E-state index in [1.54, 1.807) is 0 Å². The van der Waals surface area contributed by atoms with E-state index in [9.17, 15) is 4.79 Å². The van der Waals surface area contributed by atoms with Crippen molar-refractivity contribution in [2.45, 2.75) is 97.1 Å². The highest BCUT2D eigenvalue weighted by Gasteiger charge is 2.29. The van der Waals surface area contributed by atoms with E-state index in [0.29, 0.717) is 12.5 Å². The van der Waals surface area contributed by atoms with E-state index in [-0.39, 0.29) is 17.9 Å². The first-order valence-corrected chi connectivity index (χ1v) is 16.2. The molecule has 2 heterocycles. The average molecular weight is 556 g/mol. The Kier molecular flexibility index (Phi) is 10.7. The maximum atomic E-state index is 12.8. The molecule has 1 amide bonds. The molecule has 5 nitrogen and oxygen atoms in total. The number of hydrogen-bond donors (Lipinski definition) is 1. The Morgan fingerprint density at radius 2 is 1.73 bits per heavy atom. The summed E-state index contributed by atoms with van der Waals surface area (Å²) in [5.74, 6) is 2.06. The summed E-state index contributed by atoms with van der Waals surface area (Å²) in [6, 6.07) is 17.2. The smallest absolute Gasteiger partial charge is 0.223 e. The first-order chi connectivity index (χ1) is 20.1. The fourth-order valence-corrected chi connectivity index (χ4v) is 6.61. The topological polar surface area (TPSA) is 54.5 Å². The molecule has 2 fully saturated rings. The van der Waals surface area contributed by atoms with E-state index >= 15 is 0 Å². The van der Waals surface area contributed by atoms with Crippen LogP contribution in [-0.2, 0) is 17.8 Å². The number of nitrogens with one attached hydrogen (secondary N) is 1. The number of aryl methyl sites for hydroxylation is 2. The Hall–Kier alpha value is -2.92. The Balaban J connectivity index is 1.05. The van der Waals surface area contributed by atoms with Gasteiger partial charge in [0, 0.05) is 43.7 Å². The molecular formula is C36H49N3O2. The minimum atomic E-state index is 0.168. The van der Waals surface area contributed by atoms with E-state index in [1.807, 2.05) is 12.3 Å². The molecule has 220 valence electrons. The number of piperidine rings is 1. The maximum absolute atomic E-state index is 12.8. The molecule has 1 aliphatic carbocycles. The molecular weight excluding hydrogens is 506 g/mol. The van der Waals surface area contributed by atoms with Gasteiger partial charge in [-0.05, 0) is 93.5 Å². The van der Waals surface area contributed by atoms with Crippen LogP contribution >= 0.6 is 0 Å². The summed E-state index contributed by atoms with van der Waals surface area (Å²) in [4.78, 5) is 20.1. The van der Waals surface area contributed by atoms with E-state index in [4.69, 9.17) is 4.74 Å². The number of ether oxygens (including phenoxy) is 1. The summed E-state index contributed by atoms with van der Waals surface area (Å²) in [6.07, 6.45) is 14.8. The highest BCUT2D eigenvalue weighted by atomic mass is 16.5. The van der Waals surface area contributed by atoms with Crippen molar-refractivity contribution in [2.75, 3.05) is 19.6 Å². The number of amides is 1. The minimum Gasteiger partial charge on any atom is -0.488 e. The van der Waals surface area contributed by atoms with E-state index in [1.165, 1.54) is 47.8 Å². The number of nitrogens with zero attached hydrogens (tertiary/aromatic N) is 2. The van der Waals surface area contributed by atoms with Gasteiger partial charge in [0.15, 0.2) is 0 Å². The summed E-state index contributed by atoms with van der Waals surface area (Å²) < 4.78 is 6.64. The molecule has 0 unspecified atom stereocenters. The fraction of sp³-hybridized carbons (Fsp3) is 0.556. The second-order valence-electron chi connectivity index (χ2n) is 12.5. The Bertz CT molecular complexity index is 1240. The highest BCUT2D eigenvalue weighted by molar-refractivity contribution is 5.85. The zero-order valence-corrected chi connectivity index (χ0v) is 25.2. The lowest BCUT2D eigenvalue weighted by Crippen LogP contribution is -2.41. The molecule has 0 atom stereocenters. The molecule has 41 heavy (non-hydrogen) atoms. The molecule has 1 saturated carbocycles. The third-order valence-corrected chi connectivity index (χ3v) is 9.20. The lowest BCUT2D eigenvalue weighted by molar-refractivity contribution is -0.126. The van der Waals surface area contributed by atoms with Gasteiger partial charge in [0.25, 0.3) is 0 Å². The second-order valence-corrected chi connectivity index (χ2v) is 12.5. The van der Waals surface area contributed by atoms with Crippen LogP contribution in [0, 0.1) is 18.8 Å². The van der Waals surface area contributed by atoms with Crippen molar-refractivity contribution >= 4 is 16.8 Å². The van der Waals surface area contributed by atoms with Crippen LogP contribution in [0.15, 0.2) is 54.7 Å². The van der Waals surface area contributed by atoms with Gasteiger partial charge in [0.05, 0.1) is 0 Å². The number of unbranched alkanes of at least 4 members (excludes halogenated alkanes) is 3. The van der Waals surface area contributed by atoms with Crippen LogP contribution in [0.25, 0.3) is 10.9 Å². The monoisotopic (exact) mass is 555 g/mol.